The molecule has 0 spiro atoms. The van der Waals surface area contributed by atoms with Crippen molar-refractivity contribution in [3.8, 4) is 0 Å². The van der Waals surface area contributed by atoms with Gasteiger partial charge in [-0.05, 0) is 61.6 Å². The van der Waals surface area contributed by atoms with E-state index < -0.39 is 47.7 Å². The van der Waals surface area contributed by atoms with E-state index in [0.717, 1.165) is 47.0 Å². The number of aliphatic hydroxyl groups is 1. The lowest BCUT2D eigenvalue weighted by molar-refractivity contribution is -0.137. The second-order valence-electron chi connectivity index (χ2n) is 11.8. The number of aromatic nitrogens is 1. The van der Waals surface area contributed by atoms with Crippen molar-refractivity contribution in [3.63, 3.8) is 0 Å². The van der Waals surface area contributed by atoms with Gasteiger partial charge in [0.15, 0.2) is 0 Å². The van der Waals surface area contributed by atoms with Crippen molar-refractivity contribution >= 4 is 23.2 Å². The molecule has 3 aromatic carbocycles. The zero-order valence-corrected chi connectivity index (χ0v) is 26.8. The minimum atomic E-state index is -4.50. The van der Waals surface area contributed by atoms with Crippen molar-refractivity contribution < 1.29 is 36.6 Å². The van der Waals surface area contributed by atoms with Gasteiger partial charge in [-0.2, -0.15) is 13.2 Å². The molecule has 13 heteroatoms. The fourth-order valence-corrected chi connectivity index (χ4v) is 6.70. The van der Waals surface area contributed by atoms with Crippen LogP contribution in [0.4, 0.5) is 22.0 Å². The fourth-order valence-electron chi connectivity index (χ4n) is 5.76. The quantitative estimate of drug-likeness (QED) is 0.141. The van der Waals surface area contributed by atoms with Crippen molar-refractivity contribution in [2.75, 3.05) is 13.1 Å². The van der Waals surface area contributed by atoms with Crippen molar-refractivity contribution in [2.24, 2.45) is 0 Å². The smallest absolute Gasteiger partial charge is 0.390 e. The Balaban J connectivity index is 1.34. The number of thiazole rings is 1. The van der Waals surface area contributed by atoms with Gasteiger partial charge in [0.25, 0.3) is 18.2 Å². The van der Waals surface area contributed by atoms with Crippen LogP contribution in [-0.2, 0) is 19.1 Å². The Kier molecular flexibility index (Phi) is 11.2. The summed E-state index contributed by atoms with van der Waals surface area (Å²) in [6.45, 7) is 2.20. The first-order valence-corrected chi connectivity index (χ1v) is 16.3. The lowest BCUT2D eigenvalue weighted by Crippen LogP contribution is -2.48. The van der Waals surface area contributed by atoms with Crippen LogP contribution < -0.4 is 10.6 Å². The number of amides is 2. The number of nitrogens with zero attached hydrogens (tertiary/aromatic N) is 2. The van der Waals surface area contributed by atoms with Crippen molar-refractivity contribution in [1.29, 1.82) is 0 Å². The second-order valence-corrected chi connectivity index (χ2v) is 12.7. The number of hydrogen-bond donors (Lipinski definition) is 3. The summed E-state index contributed by atoms with van der Waals surface area (Å²) >= 11 is 1.43. The van der Waals surface area contributed by atoms with Gasteiger partial charge in [0.05, 0.1) is 23.8 Å². The van der Waals surface area contributed by atoms with E-state index in [9.17, 15) is 36.6 Å². The molecule has 5 rings (SSSR count). The average Bonchev–Trinajstić information content (AvgIpc) is 3.73. The summed E-state index contributed by atoms with van der Waals surface area (Å²) in [5.74, 6) is -1.25. The number of aryl methyl sites for hydroxylation is 1. The molecular weight excluding hydrogens is 651 g/mol. The van der Waals surface area contributed by atoms with E-state index in [4.69, 9.17) is 0 Å². The van der Waals surface area contributed by atoms with Crippen molar-refractivity contribution in [1.82, 2.24) is 20.5 Å². The maximum atomic E-state index is 14.0. The first kappa shape index (κ1) is 35.1. The Morgan fingerprint density at radius 2 is 1.75 bits per heavy atom. The minimum absolute atomic E-state index is 0.0208. The van der Waals surface area contributed by atoms with Crippen LogP contribution in [0.2, 0.25) is 0 Å². The number of halogens is 5. The Morgan fingerprint density at radius 1 is 1.02 bits per heavy atom. The molecule has 1 aliphatic rings. The van der Waals surface area contributed by atoms with Crippen LogP contribution in [0.5, 0.6) is 0 Å². The van der Waals surface area contributed by atoms with E-state index in [1.807, 2.05) is 12.3 Å². The highest BCUT2D eigenvalue weighted by Gasteiger charge is 2.34. The van der Waals surface area contributed by atoms with Gasteiger partial charge in [0.1, 0.15) is 5.01 Å². The van der Waals surface area contributed by atoms with Gasteiger partial charge < -0.3 is 20.6 Å². The summed E-state index contributed by atoms with van der Waals surface area (Å²) in [5, 5.41) is 19.5. The van der Waals surface area contributed by atoms with E-state index in [1.165, 1.54) is 29.5 Å². The summed E-state index contributed by atoms with van der Waals surface area (Å²) in [4.78, 5) is 33.4. The monoisotopic (exact) mass is 686 g/mol. The highest BCUT2D eigenvalue weighted by Crippen LogP contribution is 2.35. The maximum Gasteiger partial charge on any atom is 0.416 e. The molecule has 0 saturated carbocycles. The molecule has 1 aromatic heterocycles. The molecule has 0 radical (unpaired) electrons. The fraction of sp³-hybridized carbons (Fsp3) is 0.343. The lowest BCUT2D eigenvalue weighted by Gasteiger charge is -2.26. The number of carbonyl (C=O) groups is 2. The number of carbonyl (C=O) groups excluding carboxylic acids is 2. The van der Waals surface area contributed by atoms with E-state index in [1.54, 1.807) is 35.2 Å². The molecule has 4 aromatic rings. The van der Waals surface area contributed by atoms with Crippen molar-refractivity contribution in [2.45, 2.75) is 63.5 Å². The molecule has 254 valence electrons. The molecule has 0 bridgehead atoms. The van der Waals surface area contributed by atoms with Crippen molar-refractivity contribution in [3.05, 3.63) is 122 Å². The zero-order valence-electron chi connectivity index (χ0n) is 26.0. The molecular formula is C35H35F5N4O3S. The van der Waals surface area contributed by atoms with Crippen LogP contribution >= 0.6 is 11.3 Å². The largest absolute Gasteiger partial charge is 0.416 e. The molecule has 1 aliphatic heterocycles. The third-order valence-electron chi connectivity index (χ3n) is 8.17. The SMILES string of the molecule is Cc1csc([C@H]2CCCN2C(=O)c2cc(C(=O)N[C@@H](Cc3ccccc3)[C@@H](O)CNCc3cccc(C(F)(F)F)c3)cc(C(F)F)c2)n1. The summed E-state index contributed by atoms with van der Waals surface area (Å²) in [7, 11) is 0. The van der Waals surface area contributed by atoms with Crippen LogP contribution in [0.3, 0.4) is 0 Å². The second kappa shape index (κ2) is 15.3. The number of alkyl halides is 5. The van der Waals surface area contributed by atoms with Gasteiger partial charge in [-0.1, -0.05) is 48.5 Å². The molecule has 7 nitrogen and oxygen atoms in total. The van der Waals surface area contributed by atoms with E-state index in [2.05, 4.69) is 15.6 Å². The van der Waals surface area contributed by atoms with Crippen LogP contribution in [0, 0.1) is 6.92 Å². The Hall–Kier alpha value is -4.20. The number of nitrogens with one attached hydrogen (secondary N) is 2. The van der Waals surface area contributed by atoms with E-state index >= 15 is 0 Å². The Morgan fingerprint density at radius 3 is 2.44 bits per heavy atom. The molecule has 1 fully saturated rings. The van der Waals surface area contributed by atoms with E-state index in [-0.39, 0.29) is 36.7 Å². The molecule has 48 heavy (non-hydrogen) atoms. The Labute approximate surface area is 278 Å². The third kappa shape index (κ3) is 8.82. The summed E-state index contributed by atoms with van der Waals surface area (Å²) in [5.41, 5.74) is 0.446. The molecule has 0 unspecified atom stereocenters. The molecule has 2 heterocycles. The molecule has 1 saturated heterocycles. The third-order valence-corrected chi connectivity index (χ3v) is 9.23. The first-order chi connectivity index (χ1) is 22.9. The van der Waals surface area contributed by atoms with Gasteiger partial charge in [-0.3, -0.25) is 9.59 Å². The standard InChI is InChI=1S/C35H35F5N4O3S/c1-21-20-48-33(42-21)29-11-6-12-44(29)34(47)26-16-24(31(36)37)15-25(17-26)32(46)43-28(14-22-7-3-2-4-8-22)30(45)19-41-18-23-9-5-10-27(13-23)35(38,39)40/h2-5,7-10,13,15-17,20,28-31,41,45H,6,11-12,14,18-19H2,1H3,(H,43,46)/t28-,29+,30-/m0/s1. The van der Waals surface area contributed by atoms with Crippen LogP contribution in [0.1, 0.15) is 79.0 Å². The number of rotatable bonds is 12. The highest BCUT2D eigenvalue weighted by atomic mass is 32.1. The van der Waals surface area contributed by atoms with E-state index in [0.29, 0.717) is 18.5 Å². The molecule has 3 N–H and O–H groups in total. The van der Waals surface area contributed by atoms with Crippen LogP contribution in [-0.4, -0.2) is 52.0 Å². The van der Waals surface area contributed by atoms with Gasteiger partial charge >= 0.3 is 6.18 Å². The number of aliphatic hydroxyl groups excluding tert-OH is 1. The predicted molar refractivity (Wildman–Crippen MR) is 172 cm³/mol. The lowest BCUT2D eigenvalue weighted by atomic mass is 9.99. The van der Waals surface area contributed by atoms with Gasteiger partial charge in [-0.25, -0.2) is 13.8 Å². The predicted octanol–water partition coefficient (Wildman–Crippen LogP) is 6.88. The minimum Gasteiger partial charge on any atom is -0.390 e. The average molecular weight is 687 g/mol. The van der Waals surface area contributed by atoms with Crippen LogP contribution in [0.25, 0.3) is 0 Å². The number of likely N-dealkylation sites (tertiary alicyclic amines) is 1. The summed E-state index contributed by atoms with van der Waals surface area (Å²) < 4.78 is 67.5. The summed E-state index contributed by atoms with van der Waals surface area (Å²) in [6.07, 6.45) is -7.10. The van der Waals surface area contributed by atoms with Crippen LogP contribution in [0.15, 0.2) is 78.2 Å². The topological polar surface area (TPSA) is 94.6 Å². The highest BCUT2D eigenvalue weighted by molar-refractivity contribution is 7.09. The molecule has 3 atom stereocenters. The molecule has 0 aliphatic carbocycles. The van der Waals surface area contributed by atoms with Gasteiger partial charge in [0, 0.05) is 47.4 Å². The maximum absolute atomic E-state index is 14.0. The van der Waals surface area contributed by atoms with Gasteiger partial charge in [-0.15, -0.1) is 11.3 Å². The molecule has 2 amide bonds. The first-order valence-electron chi connectivity index (χ1n) is 15.4. The number of benzene rings is 3. The van der Waals surface area contributed by atoms with Gasteiger partial charge in [0.2, 0.25) is 0 Å². The summed E-state index contributed by atoms with van der Waals surface area (Å²) in [6, 6.07) is 16.0. The number of hydrogen-bond acceptors (Lipinski definition) is 6. The zero-order chi connectivity index (χ0) is 34.4. The Bertz CT molecular complexity index is 1720. The normalized spacial score (nSPS) is 16.2.